The number of benzene rings is 1. The number of hydrogen-bond acceptors (Lipinski definition) is 3. The maximum Gasteiger partial charge on any atom is 0.191 e. The molecule has 24 heavy (non-hydrogen) atoms. The fourth-order valence-corrected chi connectivity index (χ4v) is 3.15. The quantitative estimate of drug-likeness (QED) is 0.374. The van der Waals surface area contributed by atoms with Crippen molar-refractivity contribution in [3.8, 4) is 0 Å². The van der Waals surface area contributed by atoms with Gasteiger partial charge in [0.1, 0.15) is 5.82 Å². The Kier molecular flexibility index (Phi) is 9.53. The minimum absolute atomic E-state index is 0. The van der Waals surface area contributed by atoms with Gasteiger partial charge in [-0.1, -0.05) is 17.7 Å². The lowest BCUT2D eigenvalue weighted by Crippen LogP contribution is -2.39. The zero-order valence-electron chi connectivity index (χ0n) is 13.6. The topological polar surface area (TPSA) is 49.3 Å². The first-order valence-electron chi connectivity index (χ1n) is 7.39. The van der Waals surface area contributed by atoms with E-state index in [4.69, 9.17) is 11.6 Å². The van der Waals surface area contributed by atoms with Crippen molar-refractivity contribution in [3.63, 3.8) is 0 Å². The molecule has 0 aliphatic carbocycles. The summed E-state index contributed by atoms with van der Waals surface area (Å²) < 4.78 is 13.7. The van der Waals surface area contributed by atoms with E-state index < -0.39 is 0 Å². The third kappa shape index (κ3) is 6.52. The molecule has 1 aromatic heterocycles. The summed E-state index contributed by atoms with van der Waals surface area (Å²) in [4.78, 5) is 9.69. The van der Waals surface area contributed by atoms with E-state index in [-0.39, 0.29) is 29.8 Å². The molecular formula is C16H21ClFIN4S. The first-order chi connectivity index (χ1) is 11.1. The summed E-state index contributed by atoms with van der Waals surface area (Å²) >= 11 is 7.71. The summed E-state index contributed by atoms with van der Waals surface area (Å²) in [6, 6.07) is 4.72. The zero-order chi connectivity index (χ0) is 16.7. The van der Waals surface area contributed by atoms with Crippen LogP contribution >= 0.6 is 46.9 Å². The van der Waals surface area contributed by atoms with Crippen LogP contribution in [0.25, 0.3) is 0 Å². The van der Waals surface area contributed by atoms with Crippen LogP contribution < -0.4 is 10.6 Å². The molecule has 0 saturated heterocycles. The fraction of sp³-hybridized carbons (Fsp3) is 0.375. The molecule has 0 atom stereocenters. The van der Waals surface area contributed by atoms with Gasteiger partial charge in [-0.25, -0.2) is 9.37 Å². The molecule has 4 nitrogen and oxygen atoms in total. The molecule has 1 heterocycles. The predicted molar refractivity (Wildman–Crippen MR) is 110 cm³/mol. The molecule has 1 aromatic carbocycles. The standard InChI is InChI=1S/C16H20ClFN4S.HI/c1-11-10-22-15(23-11)7-9-21-16(19-2)20-8-6-12-13(17)4-3-5-14(12)18;/h3-5,10H,6-9H2,1-2H3,(H2,19,20,21);1H. The van der Waals surface area contributed by atoms with Gasteiger partial charge in [-0.15, -0.1) is 35.3 Å². The lowest BCUT2D eigenvalue weighted by Gasteiger charge is -2.12. The molecule has 2 aromatic rings. The Balaban J connectivity index is 0.00000288. The van der Waals surface area contributed by atoms with Gasteiger partial charge in [-0.2, -0.15) is 0 Å². The van der Waals surface area contributed by atoms with E-state index in [2.05, 4.69) is 20.6 Å². The van der Waals surface area contributed by atoms with Crippen molar-refractivity contribution in [2.45, 2.75) is 19.8 Å². The fourth-order valence-electron chi connectivity index (χ4n) is 2.10. The first-order valence-corrected chi connectivity index (χ1v) is 8.58. The number of nitrogens with zero attached hydrogens (tertiary/aromatic N) is 2. The molecule has 0 spiro atoms. The summed E-state index contributed by atoms with van der Waals surface area (Å²) in [5.41, 5.74) is 0.524. The number of thiazole rings is 1. The number of guanidine groups is 1. The number of aromatic nitrogens is 1. The number of aryl methyl sites for hydroxylation is 1. The Labute approximate surface area is 168 Å². The first kappa shape index (κ1) is 21.1. The van der Waals surface area contributed by atoms with E-state index in [1.807, 2.05) is 13.1 Å². The van der Waals surface area contributed by atoms with Crippen LogP contribution in [0.4, 0.5) is 4.39 Å². The largest absolute Gasteiger partial charge is 0.356 e. The van der Waals surface area contributed by atoms with Gasteiger partial charge < -0.3 is 10.6 Å². The number of hydrogen-bond donors (Lipinski definition) is 2. The van der Waals surface area contributed by atoms with Crippen LogP contribution in [0.15, 0.2) is 29.4 Å². The molecule has 2 N–H and O–H groups in total. The van der Waals surface area contributed by atoms with E-state index in [0.717, 1.165) is 18.0 Å². The summed E-state index contributed by atoms with van der Waals surface area (Å²) in [5, 5.41) is 7.94. The SMILES string of the molecule is CN=C(NCCc1ncc(C)s1)NCCc1c(F)cccc1Cl.I. The van der Waals surface area contributed by atoms with Crippen molar-refractivity contribution in [1.29, 1.82) is 0 Å². The van der Waals surface area contributed by atoms with Crippen molar-refractivity contribution in [1.82, 2.24) is 15.6 Å². The van der Waals surface area contributed by atoms with Crippen molar-refractivity contribution in [2.24, 2.45) is 4.99 Å². The van der Waals surface area contributed by atoms with E-state index in [0.29, 0.717) is 29.5 Å². The molecule has 0 fully saturated rings. The third-order valence-electron chi connectivity index (χ3n) is 3.25. The van der Waals surface area contributed by atoms with Gasteiger partial charge in [0.15, 0.2) is 5.96 Å². The van der Waals surface area contributed by atoms with Crippen molar-refractivity contribution < 1.29 is 4.39 Å². The lowest BCUT2D eigenvalue weighted by molar-refractivity contribution is 0.607. The Bertz CT molecular complexity index is 658. The molecule has 0 amide bonds. The van der Waals surface area contributed by atoms with Gasteiger partial charge in [-0.05, 0) is 25.5 Å². The summed E-state index contributed by atoms with van der Waals surface area (Å²) in [5.74, 6) is 0.409. The van der Waals surface area contributed by atoms with Gasteiger partial charge in [0.2, 0.25) is 0 Å². The van der Waals surface area contributed by atoms with Crippen molar-refractivity contribution in [2.75, 3.05) is 20.1 Å². The van der Waals surface area contributed by atoms with E-state index in [9.17, 15) is 4.39 Å². The Morgan fingerprint density at radius 3 is 2.58 bits per heavy atom. The Morgan fingerprint density at radius 2 is 2.00 bits per heavy atom. The molecule has 0 radical (unpaired) electrons. The maximum absolute atomic E-state index is 13.7. The number of halogens is 3. The average molecular weight is 483 g/mol. The maximum atomic E-state index is 13.7. The smallest absolute Gasteiger partial charge is 0.191 e. The summed E-state index contributed by atoms with van der Waals surface area (Å²) in [7, 11) is 1.71. The minimum Gasteiger partial charge on any atom is -0.356 e. The normalized spacial score (nSPS) is 11.1. The highest BCUT2D eigenvalue weighted by Gasteiger charge is 2.07. The van der Waals surface area contributed by atoms with Crippen LogP contribution in [0.5, 0.6) is 0 Å². The number of nitrogens with one attached hydrogen (secondary N) is 2. The molecule has 132 valence electrons. The van der Waals surface area contributed by atoms with Gasteiger partial charge >= 0.3 is 0 Å². The van der Waals surface area contributed by atoms with Crippen LogP contribution in [0.1, 0.15) is 15.4 Å². The van der Waals surface area contributed by atoms with Crippen LogP contribution in [0.2, 0.25) is 5.02 Å². The third-order valence-corrected chi connectivity index (χ3v) is 4.58. The summed E-state index contributed by atoms with van der Waals surface area (Å²) in [6.07, 6.45) is 3.22. The molecule has 0 aliphatic rings. The molecule has 0 saturated carbocycles. The average Bonchev–Trinajstić information content (AvgIpc) is 2.94. The van der Waals surface area contributed by atoms with Gasteiger partial charge in [0, 0.05) is 48.2 Å². The van der Waals surface area contributed by atoms with Crippen molar-refractivity contribution in [3.05, 3.63) is 50.7 Å². The highest BCUT2D eigenvalue weighted by atomic mass is 127. The van der Waals surface area contributed by atoms with E-state index in [1.54, 1.807) is 30.5 Å². The number of aliphatic imine (C=N–C) groups is 1. The molecule has 2 rings (SSSR count). The molecule has 0 bridgehead atoms. The monoisotopic (exact) mass is 482 g/mol. The van der Waals surface area contributed by atoms with Crippen LogP contribution in [-0.2, 0) is 12.8 Å². The van der Waals surface area contributed by atoms with E-state index >= 15 is 0 Å². The second-order valence-electron chi connectivity index (χ2n) is 4.99. The summed E-state index contributed by atoms with van der Waals surface area (Å²) in [6.45, 7) is 3.34. The minimum atomic E-state index is -0.276. The van der Waals surface area contributed by atoms with Crippen LogP contribution in [0.3, 0.4) is 0 Å². The highest BCUT2D eigenvalue weighted by Crippen LogP contribution is 2.18. The van der Waals surface area contributed by atoms with Gasteiger partial charge in [-0.3, -0.25) is 4.99 Å². The molecule has 0 unspecified atom stereocenters. The second-order valence-corrected chi connectivity index (χ2v) is 6.72. The molecular weight excluding hydrogens is 462 g/mol. The Morgan fingerprint density at radius 1 is 1.29 bits per heavy atom. The predicted octanol–water partition coefficient (Wildman–Crippen LogP) is 3.81. The second kappa shape index (κ2) is 10.8. The van der Waals surface area contributed by atoms with Gasteiger partial charge in [0.05, 0.1) is 5.01 Å². The number of rotatable bonds is 6. The van der Waals surface area contributed by atoms with Crippen molar-refractivity contribution >= 4 is 52.9 Å². The van der Waals surface area contributed by atoms with Crippen LogP contribution in [0, 0.1) is 12.7 Å². The zero-order valence-corrected chi connectivity index (χ0v) is 17.5. The van der Waals surface area contributed by atoms with Gasteiger partial charge in [0.25, 0.3) is 0 Å². The molecule has 0 aliphatic heterocycles. The Hall–Kier alpha value is -0.930. The highest BCUT2D eigenvalue weighted by molar-refractivity contribution is 14.0. The lowest BCUT2D eigenvalue weighted by atomic mass is 10.1. The van der Waals surface area contributed by atoms with E-state index in [1.165, 1.54) is 10.9 Å². The van der Waals surface area contributed by atoms with Crippen LogP contribution in [-0.4, -0.2) is 31.1 Å². The molecule has 8 heteroatoms.